The van der Waals surface area contributed by atoms with Gasteiger partial charge in [-0.15, -0.1) is 0 Å². The fourth-order valence-electron chi connectivity index (χ4n) is 2.50. The lowest BCUT2D eigenvalue weighted by atomic mass is 10.1. The number of furan rings is 1. The van der Waals surface area contributed by atoms with Crippen molar-refractivity contribution in [1.82, 2.24) is 10.3 Å². The summed E-state index contributed by atoms with van der Waals surface area (Å²) in [6, 6.07) is 12.5. The maximum Gasteiger partial charge on any atom is 0.339 e. The van der Waals surface area contributed by atoms with Gasteiger partial charge in [0, 0.05) is 11.9 Å². The number of rotatable bonds is 5. The second-order valence-corrected chi connectivity index (χ2v) is 5.51. The van der Waals surface area contributed by atoms with Crippen LogP contribution < -0.4 is 5.32 Å². The van der Waals surface area contributed by atoms with Crippen molar-refractivity contribution in [1.29, 1.82) is 0 Å². The van der Waals surface area contributed by atoms with Gasteiger partial charge in [-0.05, 0) is 38.1 Å². The third-order valence-corrected chi connectivity index (χ3v) is 3.64. The molecule has 6 heteroatoms. The number of aromatic nitrogens is 1. The Labute approximate surface area is 144 Å². The van der Waals surface area contributed by atoms with Gasteiger partial charge in [-0.25, -0.2) is 9.78 Å². The molecule has 2 aromatic heterocycles. The summed E-state index contributed by atoms with van der Waals surface area (Å²) in [5.74, 6) is 0.414. The van der Waals surface area contributed by atoms with Crippen LogP contribution in [0, 0.1) is 6.92 Å². The predicted molar refractivity (Wildman–Crippen MR) is 93.1 cm³/mol. The minimum atomic E-state index is -0.575. The number of carbonyl (C=O) groups is 2. The van der Waals surface area contributed by atoms with Gasteiger partial charge in [0.15, 0.2) is 12.4 Å². The zero-order chi connectivity index (χ0) is 17.8. The summed E-state index contributed by atoms with van der Waals surface area (Å²) in [5.41, 5.74) is 1.54. The number of pyridine rings is 1. The second kappa shape index (κ2) is 7.17. The van der Waals surface area contributed by atoms with Gasteiger partial charge in [-0.1, -0.05) is 18.2 Å². The highest BCUT2D eigenvalue weighted by atomic mass is 16.5. The lowest BCUT2D eigenvalue weighted by molar-refractivity contribution is -0.124. The second-order valence-electron chi connectivity index (χ2n) is 5.51. The molecule has 0 spiro atoms. The molecule has 0 radical (unpaired) electrons. The highest BCUT2D eigenvalue weighted by molar-refractivity contribution is 6.05. The molecule has 0 unspecified atom stereocenters. The zero-order valence-corrected chi connectivity index (χ0v) is 14.0. The number of fused-ring (bicyclic) bond motifs is 1. The summed E-state index contributed by atoms with van der Waals surface area (Å²) in [6.45, 7) is 3.80. The Bertz CT molecular complexity index is 930. The molecule has 0 bridgehead atoms. The molecule has 0 aliphatic carbocycles. The van der Waals surface area contributed by atoms with Crippen molar-refractivity contribution < 1.29 is 18.7 Å². The molecular formula is C19H18N2O4. The number of ether oxygens (including phenoxy) is 1. The predicted octanol–water partition coefficient (Wildman–Crippen LogP) is 3.10. The lowest BCUT2D eigenvalue weighted by Crippen LogP contribution is -2.28. The molecule has 0 saturated heterocycles. The fraction of sp³-hybridized carbons (Fsp3) is 0.211. The van der Waals surface area contributed by atoms with E-state index < -0.39 is 5.97 Å². The van der Waals surface area contributed by atoms with Gasteiger partial charge in [-0.2, -0.15) is 0 Å². The maximum atomic E-state index is 12.5. The number of hydrogen-bond donors (Lipinski definition) is 1. The Hall–Kier alpha value is -3.15. The van der Waals surface area contributed by atoms with Crippen molar-refractivity contribution >= 4 is 22.8 Å². The molecule has 128 valence electrons. The standard InChI is InChI=1S/C19H18N2O4/c1-3-20-18(22)11-24-19(23)14-10-16(17-9-8-12(2)25-17)21-15-7-5-4-6-13(14)15/h4-10H,3,11H2,1-2H3,(H,20,22). The van der Waals surface area contributed by atoms with E-state index in [-0.39, 0.29) is 12.5 Å². The number of carbonyl (C=O) groups excluding carboxylic acids is 2. The normalized spacial score (nSPS) is 10.6. The Balaban J connectivity index is 1.97. The fourth-order valence-corrected chi connectivity index (χ4v) is 2.50. The topological polar surface area (TPSA) is 81.4 Å². The van der Waals surface area contributed by atoms with Gasteiger partial charge in [-0.3, -0.25) is 4.79 Å². The summed E-state index contributed by atoms with van der Waals surface area (Å²) in [7, 11) is 0. The summed E-state index contributed by atoms with van der Waals surface area (Å²) < 4.78 is 10.7. The van der Waals surface area contributed by atoms with Crippen molar-refractivity contribution in [2.24, 2.45) is 0 Å². The van der Waals surface area contributed by atoms with E-state index in [4.69, 9.17) is 9.15 Å². The number of benzene rings is 1. The van der Waals surface area contributed by atoms with Gasteiger partial charge in [0.2, 0.25) is 0 Å². The Morgan fingerprint density at radius 2 is 2.00 bits per heavy atom. The number of aryl methyl sites for hydroxylation is 1. The number of esters is 1. The average molecular weight is 338 g/mol. The van der Waals surface area contributed by atoms with Crippen molar-refractivity contribution in [3.05, 3.63) is 53.8 Å². The molecule has 0 atom stereocenters. The van der Waals surface area contributed by atoms with Crippen LogP contribution in [0.3, 0.4) is 0 Å². The Morgan fingerprint density at radius 3 is 2.72 bits per heavy atom. The smallest absolute Gasteiger partial charge is 0.339 e. The molecule has 0 aliphatic rings. The van der Waals surface area contributed by atoms with Crippen LogP contribution in [0.1, 0.15) is 23.0 Å². The molecule has 0 saturated carbocycles. The van der Waals surface area contributed by atoms with Crippen molar-refractivity contribution in [2.75, 3.05) is 13.2 Å². The highest BCUT2D eigenvalue weighted by Crippen LogP contribution is 2.26. The van der Waals surface area contributed by atoms with Crippen LogP contribution in [-0.2, 0) is 9.53 Å². The first kappa shape index (κ1) is 16.7. The van der Waals surface area contributed by atoms with Crippen LogP contribution >= 0.6 is 0 Å². The van der Waals surface area contributed by atoms with E-state index >= 15 is 0 Å². The van der Waals surface area contributed by atoms with Gasteiger partial charge in [0.1, 0.15) is 11.5 Å². The molecule has 2 heterocycles. The Kier molecular flexibility index (Phi) is 4.79. The summed E-state index contributed by atoms with van der Waals surface area (Å²) in [6.07, 6.45) is 0. The first-order valence-corrected chi connectivity index (χ1v) is 7.99. The van der Waals surface area contributed by atoms with E-state index in [0.29, 0.717) is 34.5 Å². The van der Waals surface area contributed by atoms with Crippen LogP contribution in [0.25, 0.3) is 22.4 Å². The number of likely N-dealkylation sites (N-methyl/N-ethyl adjacent to an activating group) is 1. The molecule has 0 fully saturated rings. The quantitative estimate of drug-likeness (QED) is 0.723. The molecule has 0 aliphatic heterocycles. The van der Waals surface area contributed by atoms with E-state index in [1.807, 2.05) is 31.2 Å². The van der Waals surface area contributed by atoms with Crippen molar-refractivity contribution in [3.8, 4) is 11.5 Å². The van der Waals surface area contributed by atoms with E-state index in [1.165, 1.54) is 0 Å². The lowest BCUT2D eigenvalue weighted by Gasteiger charge is -2.09. The molecular weight excluding hydrogens is 320 g/mol. The number of hydrogen-bond acceptors (Lipinski definition) is 5. The summed E-state index contributed by atoms with van der Waals surface area (Å²) in [4.78, 5) is 28.6. The minimum absolute atomic E-state index is 0.321. The van der Waals surface area contributed by atoms with Crippen LogP contribution in [0.4, 0.5) is 0 Å². The summed E-state index contributed by atoms with van der Waals surface area (Å²) >= 11 is 0. The third kappa shape index (κ3) is 3.68. The van der Waals surface area contributed by atoms with E-state index in [0.717, 1.165) is 5.76 Å². The SMILES string of the molecule is CCNC(=O)COC(=O)c1cc(-c2ccc(C)o2)nc2ccccc12. The van der Waals surface area contributed by atoms with E-state index in [9.17, 15) is 9.59 Å². The number of para-hydroxylation sites is 1. The van der Waals surface area contributed by atoms with Gasteiger partial charge >= 0.3 is 5.97 Å². The third-order valence-electron chi connectivity index (χ3n) is 3.64. The number of nitrogens with zero attached hydrogens (tertiary/aromatic N) is 1. The van der Waals surface area contributed by atoms with E-state index in [2.05, 4.69) is 10.3 Å². The zero-order valence-electron chi connectivity index (χ0n) is 14.0. The number of nitrogens with one attached hydrogen (secondary N) is 1. The molecule has 25 heavy (non-hydrogen) atoms. The van der Waals surface area contributed by atoms with Gasteiger partial charge in [0.05, 0.1) is 11.1 Å². The molecule has 1 amide bonds. The van der Waals surface area contributed by atoms with Crippen molar-refractivity contribution in [2.45, 2.75) is 13.8 Å². The first-order chi connectivity index (χ1) is 12.1. The maximum absolute atomic E-state index is 12.5. The molecule has 1 aromatic carbocycles. The average Bonchev–Trinajstić information content (AvgIpc) is 3.05. The molecule has 1 N–H and O–H groups in total. The Morgan fingerprint density at radius 1 is 1.20 bits per heavy atom. The van der Waals surface area contributed by atoms with Crippen LogP contribution in [0.15, 0.2) is 46.9 Å². The van der Waals surface area contributed by atoms with Gasteiger partial charge in [0.25, 0.3) is 5.91 Å². The summed E-state index contributed by atoms with van der Waals surface area (Å²) in [5, 5.41) is 3.25. The van der Waals surface area contributed by atoms with Crippen LogP contribution in [-0.4, -0.2) is 30.0 Å². The van der Waals surface area contributed by atoms with Crippen LogP contribution in [0.5, 0.6) is 0 Å². The monoisotopic (exact) mass is 338 g/mol. The van der Waals surface area contributed by atoms with E-state index in [1.54, 1.807) is 25.1 Å². The molecule has 6 nitrogen and oxygen atoms in total. The van der Waals surface area contributed by atoms with Crippen LogP contribution in [0.2, 0.25) is 0 Å². The minimum Gasteiger partial charge on any atom is -0.460 e. The first-order valence-electron chi connectivity index (χ1n) is 7.99. The highest BCUT2D eigenvalue weighted by Gasteiger charge is 2.17. The number of amides is 1. The molecule has 3 rings (SSSR count). The van der Waals surface area contributed by atoms with Gasteiger partial charge < -0.3 is 14.5 Å². The largest absolute Gasteiger partial charge is 0.460 e. The molecule has 3 aromatic rings. The van der Waals surface area contributed by atoms with Crippen molar-refractivity contribution in [3.63, 3.8) is 0 Å².